The molecule has 1 atom stereocenters. The number of unbranched alkanes of at least 4 members (excludes halogenated alkanes) is 1. The van der Waals surface area contributed by atoms with Gasteiger partial charge >= 0.3 is 0 Å². The zero-order chi connectivity index (χ0) is 17.4. The Balaban J connectivity index is 1.91. The van der Waals surface area contributed by atoms with Crippen molar-refractivity contribution in [3.63, 3.8) is 0 Å². The van der Waals surface area contributed by atoms with Crippen LogP contribution < -0.4 is 14.8 Å². The predicted octanol–water partition coefficient (Wildman–Crippen LogP) is 5.36. The summed E-state index contributed by atoms with van der Waals surface area (Å²) in [6.07, 6.45) is 2.27. The maximum Gasteiger partial charge on any atom is 0.142 e. The first-order chi connectivity index (χ1) is 11.6. The third kappa shape index (κ3) is 5.48. The minimum Gasteiger partial charge on any atom is -0.491 e. The zero-order valence-electron chi connectivity index (χ0n) is 15.3. The van der Waals surface area contributed by atoms with Crippen LogP contribution in [0.2, 0.25) is 0 Å². The van der Waals surface area contributed by atoms with E-state index in [4.69, 9.17) is 9.47 Å². The van der Waals surface area contributed by atoms with E-state index in [0.29, 0.717) is 0 Å². The monoisotopic (exact) mass is 327 g/mol. The summed E-state index contributed by atoms with van der Waals surface area (Å²) >= 11 is 0. The Hall–Kier alpha value is -2.16. The fourth-order valence-corrected chi connectivity index (χ4v) is 2.41. The second-order valence-electron chi connectivity index (χ2n) is 6.28. The molecule has 0 aliphatic carbocycles. The van der Waals surface area contributed by atoms with Gasteiger partial charge in [0.15, 0.2) is 0 Å². The Morgan fingerprint density at radius 1 is 1.04 bits per heavy atom. The quantitative estimate of drug-likeness (QED) is 0.629. The van der Waals surface area contributed by atoms with Gasteiger partial charge in [-0.1, -0.05) is 37.6 Å². The lowest BCUT2D eigenvalue weighted by atomic mass is 10.1. The summed E-state index contributed by atoms with van der Waals surface area (Å²) in [4.78, 5) is 0. The summed E-state index contributed by atoms with van der Waals surface area (Å²) in [5, 5.41) is 3.44. The van der Waals surface area contributed by atoms with Crippen LogP contribution in [0.1, 0.15) is 37.8 Å². The minimum atomic E-state index is 0.0641. The summed E-state index contributed by atoms with van der Waals surface area (Å²) in [7, 11) is 0. The number of benzene rings is 2. The second kappa shape index (κ2) is 9.21. The molecule has 0 aliphatic heterocycles. The first kappa shape index (κ1) is 18.2. The van der Waals surface area contributed by atoms with Gasteiger partial charge in [-0.25, -0.2) is 0 Å². The zero-order valence-corrected chi connectivity index (χ0v) is 15.3. The van der Waals surface area contributed by atoms with Crippen molar-refractivity contribution in [2.24, 2.45) is 0 Å². The Morgan fingerprint density at radius 2 is 1.83 bits per heavy atom. The third-order valence-corrected chi connectivity index (χ3v) is 3.89. The number of anilines is 1. The Labute approximate surface area is 146 Å². The van der Waals surface area contributed by atoms with Gasteiger partial charge in [-0.05, 0) is 56.5 Å². The van der Waals surface area contributed by atoms with E-state index >= 15 is 0 Å². The van der Waals surface area contributed by atoms with Crippen LogP contribution in [0, 0.1) is 13.8 Å². The van der Waals surface area contributed by atoms with E-state index in [0.717, 1.165) is 48.7 Å². The van der Waals surface area contributed by atoms with Crippen molar-refractivity contribution in [1.82, 2.24) is 0 Å². The van der Waals surface area contributed by atoms with Crippen molar-refractivity contribution < 1.29 is 9.47 Å². The number of para-hydroxylation sites is 2. The molecule has 3 nitrogen and oxygen atoms in total. The molecule has 0 fully saturated rings. The highest BCUT2D eigenvalue weighted by molar-refractivity contribution is 5.56. The molecule has 0 saturated carbocycles. The molecule has 2 aromatic carbocycles. The van der Waals surface area contributed by atoms with Crippen LogP contribution in [0.15, 0.2) is 42.5 Å². The van der Waals surface area contributed by atoms with Crippen LogP contribution in [0.25, 0.3) is 0 Å². The van der Waals surface area contributed by atoms with Crippen molar-refractivity contribution in [1.29, 1.82) is 0 Å². The van der Waals surface area contributed by atoms with E-state index in [1.807, 2.05) is 24.3 Å². The molecule has 130 valence electrons. The highest BCUT2D eigenvalue weighted by atomic mass is 16.5. The minimum absolute atomic E-state index is 0.0641. The molecule has 0 aromatic heterocycles. The number of rotatable bonds is 9. The van der Waals surface area contributed by atoms with Gasteiger partial charge in [0, 0.05) is 0 Å². The van der Waals surface area contributed by atoms with Crippen molar-refractivity contribution in [2.75, 3.05) is 18.5 Å². The highest BCUT2D eigenvalue weighted by Gasteiger charge is 2.09. The predicted molar refractivity (Wildman–Crippen MR) is 101 cm³/mol. The third-order valence-electron chi connectivity index (χ3n) is 3.89. The maximum atomic E-state index is 6.08. The smallest absolute Gasteiger partial charge is 0.142 e. The van der Waals surface area contributed by atoms with Gasteiger partial charge in [0.25, 0.3) is 0 Å². The summed E-state index contributed by atoms with van der Waals surface area (Å²) in [5.74, 6) is 1.86. The van der Waals surface area contributed by atoms with Crippen LogP contribution >= 0.6 is 0 Å². The van der Waals surface area contributed by atoms with E-state index in [1.165, 1.54) is 5.56 Å². The number of hydrogen-bond acceptors (Lipinski definition) is 3. The Kier molecular flexibility index (Phi) is 6.98. The highest BCUT2D eigenvalue weighted by Crippen LogP contribution is 2.25. The number of aryl methyl sites for hydroxylation is 2. The van der Waals surface area contributed by atoms with E-state index in [2.05, 4.69) is 51.2 Å². The summed E-state index contributed by atoms with van der Waals surface area (Å²) < 4.78 is 11.9. The van der Waals surface area contributed by atoms with Gasteiger partial charge in [-0.3, -0.25) is 0 Å². The molecule has 0 heterocycles. The maximum absolute atomic E-state index is 6.08. The molecule has 0 spiro atoms. The molecule has 1 N–H and O–H groups in total. The molecular weight excluding hydrogens is 298 g/mol. The average molecular weight is 327 g/mol. The van der Waals surface area contributed by atoms with E-state index in [1.54, 1.807) is 0 Å². The Bertz CT molecular complexity index is 639. The lowest BCUT2D eigenvalue weighted by Gasteiger charge is -2.19. The number of nitrogens with one attached hydrogen (secondary N) is 1. The average Bonchev–Trinajstić information content (AvgIpc) is 2.57. The van der Waals surface area contributed by atoms with Gasteiger partial charge < -0.3 is 14.8 Å². The van der Waals surface area contributed by atoms with Crippen molar-refractivity contribution in [3.8, 4) is 11.5 Å². The Morgan fingerprint density at radius 3 is 2.62 bits per heavy atom. The lowest BCUT2D eigenvalue weighted by Crippen LogP contribution is -2.23. The molecule has 2 rings (SSSR count). The van der Waals surface area contributed by atoms with Crippen molar-refractivity contribution in [3.05, 3.63) is 53.6 Å². The topological polar surface area (TPSA) is 30.5 Å². The molecule has 0 saturated heterocycles. The van der Waals surface area contributed by atoms with Gasteiger partial charge in [0.05, 0.1) is 18.8 Å². The molecule has 0 bridgehead atoms. The van der Waals surface area contributed by atoms with Crippen LogP contribution in [0.5, 0.6) is 11.5 Å². The van der Waals surface area contributed by atoms with Gasteiger partial charge in [-0.15, -0.1) is 0 Å². The molecule has 0 radical (unpaired) electrons. The number of ether oxygens (including phenoxy) is 2. The molecule has 0 amide bonds. The standard InChI is InChI=1S/C21H29NO2/c1-5-6-13-23-20-10-8-7-9-19(20)22-15-18(4)24-21-14-16(2)11-12-17(21)3/h7-12,14,18,22H,5-6,13,15H2,1-4H3. The molecule has 0 aliphatic rings. The van der Waals surface area contributed by atoms with Crippen LogP contribution in [0.4, 0.5) is 5.69 Å². The molecule has 24 heavy (non-hydrogen) atoms. The van der Waals surface area contributed by atoms with Gasteiger partial charge in [0.2, 0.25) is 0 Å². The first-order valence-corrected chi connectivity index (χ1v) is 8.79. The fraction of sp³-hybridized carbons (Fsp3) is 0.429. The molecule has 2 aromatic rings. The lowest BCUT2D eigenvalue weighted by molar-refractivity contribution is 0.233. The molecule has 1 unspecified atom stereocenters. The second-order valence-corrected chi connectivity index (χ2v) is 6.28. The SMILES string of the molecule is CCCCOc1ccccc1NCC(C)Oc1cc(C)ccc1C. The summed E-state index contributed by atoms with van der Waals surface area (Å²) in [5.41, 5.74) is 3.39. The van der Waals surface area contributed by atoms with E-state index < -0.39 is 0 Å². The van der Waals surface area contributed by atoms with Gasteiger partial charge in [0.1, 0.15) is 17.6 Å². The van der Waals surface area contributed by atoms with E-state index in [-0.39, 0.29) is 6.10 Å². The number of hydrogen-bond donors (Lipinski definition) is 1. The van der Waals surface area contributed by atoms with Crippen LogP contribution in [-0.2, 0) is 0 Å². The molecular formula is C21H29NO2. The van der Waals surface area contributed by atoms with Crippen LogP contribution in [-0.4, -0.2) is 19.3 Å². The molecule has 3 heteroatoms. The van der Waals surface area contributed by atoms with Crippen LogP contribution in [0.3, 0.4) is 0 Å². The first-order valence-electron chi connectivity index (χ1n) is 8.79. The normalized spacial score (nSPS) is 11.8. The van der Waals surface area contributed by atoms with Crippen molar-refractivity contribution in [2.45, 2.75) is 46.6 Å². The summed E-state index contributed by atoms with van der Waals surface area (Å²) in [6.45, 7) is 9.88. The van der Waals surface area contributed by atoms with Crippen molar-refractivity contribution >= 4 is 5.69 Å². The summed E-state index contributed by atoms with van der Waals surface area (Å²) in [6, 6.07) is 14.4. The largest absolute Gasteiger partial charge is 0.491 e. The van der Waals surface area contributed by atoms with E-state index in [9.17, 15) is 0 Å². The van der Waals surface area contributed by atoms with Gasteiger partial charge in [-0.2, -0.15) is 0 Å². The fourth-order valence-electron chi connectivity index (χ4n) is 2.41.